The van der Waals surface area contributed by atoms with Gasteiger partial charge in [0.05, 0.1) is 24.2 Å². The smallest absolute Gasteiger partial charge is 0.390 e. The Labute approximate surface area is 126 Å². The van der Waals surface area contributed by atoms with Crippen LogP contribution in [0.15, 0.2) is 0 Å². The molecule has 1 unspecified atom stereocenters. The topological polar surface area (TPSA) is 29.5 Å². The van der Waals surface area contributed by atoms with Gasteiger partial charge in [-0.2, -0.15) is 39.5 Å². The van der Waals surface area contributed by atoms with Crippen LogP contribution in [0.4, 0.5) is 39.5 Å². The highest BCUT2D eigenvalue weighted by atomic mass is 19.4. The Morgan fingerprint density at radius 2 is 1.22 bits per heavy atom. The minimum atomic E-state index is -7.00. The van der Waals surface area contributed by atoms with Gasteiger partial charge in [-0.05, 0) is 27.7 Å². The van der Waals surface area contributed by atoms with E-state index in [2.05, 4.69) is 4.74 Å². The zero-order valence-electron chi connectivity index (χ0n) is 12.6. The van der Waals surface area contributed by atoms with Gasteiger partial charge >= 0.3 is 23.9 Å². The lowest BCUT2D eigenvalue weighted by atomic mass is 9.81. The molecule has 11 heteroatoms. The molecule has 0 saturated heterocycles. The molecule has 0 aliphatic carbocycles. The van der Waals surface area contributed by atoms with Gasteiger partial charge in [-0.1, -0.05) is 0 Å². The number of alkyl halides is 9. The molecule has 0 aliphatic heterocycles. The van der Waals surface area contributed by atoms with E-state index in [1.807, 2.05) is 0 Å². The molecule has 0 aromatic rings. The predicted octanol–water partition coefficient (Wildman–Crippen LogP) is 4.27. The largest absolute Gasteiger partial charge is 0.460 e. The van der Waals surface area contributed by atoms with E-state index in [0.29, 0.717) is 13.8 Å². The summed E-state index contributed by atoms with van der Waals surface area (Å²) in [5.74, 6) is -22.7. The maximum atomic E-state index is 13.9. The molecule has 0 fully saturated rings. The predicted molar refractivity (Wildman–Crippen MR) is 61.8 cm³/mol. The van der Waals surface area contributed by atoms with Crippen LogP contribution in [0.2, 0.25) is 0 Å². The number of hydrogen-bond acceptors (Lipinski definition) is 2. The molecule has 2 nitrogen and oxygen atoms in total. The van der Waals surface area contributed by atoms with Crippen LogP contribution in [0.3, 0.4) is 0 Å². The van der Waals surface area contributed by atoms with Crippen LogP contribution in [0.5, 0.6) is 0 Å². The Morgan fingerprint density at radius 3 is 1.48 bits per heavy atom. The highest BCUT2D eigenvalue weighted by Gasteiger charge is 2.83. The monoisotopic (exact) mass is 364 g/mol. The first-order valence-corrected chi connectivity index (χ1v) is 6.34. The second kappa shape index (κ2) is 6.30. The van der Waals surface area contributed by atoms with E-state index in [0.717, 1.165) is 0 Å². The fourth-order valence-electron chi connectivity index (χ4n) is 1.65. The first-order chi connectivity index (χ1) is 9.80. The lowest BCUT2D eigenvalue weighted by molar-refractivity contribution is -0.409. The summed E-state index contributed by atoms with van der Waals surface area (Å²) in [5.41, 5.74) is -2.72. The molecule has 0 amide bonds. The SMILES string of the molecule is CC(C)OCC(C(C)(C)O)C(F)(F)C(F)(F)C(F)(F)C(F)(F)F. The van der Waals surface area contributed by atoms with Gasteiger partial charge in [0, 0.05) is 0 Å². The maximum Gasteiger partial charge on any atom is 0.460 e. The third kappa shape index (κ3) is 4.23. The van der Waals surface area contributed by atoms with Crippen molar-refractivity contribution in [1.29, 1.82) is 0 Å². The molecule has 140 valence electrons. The van der Waals surface area contributed by atoms with Gasteiger partial charge < -0.3 is 9.84 Å². The van der Waals surface area contributed by atoms with Crippen molar-refractivity contribution in [2.75, 3.05) is 6.61 Å². The zero-order valence-corrected chi connectivity index (χ0v) is 12.6. The minimum absolute atomic E-state index is 0.580. The van der Waals surface area contributed by atoms with Crippen molar-refractivity contribution in [2.24, 2.45) is 5.92 Å². The van der Waals surface area contributed by atoms with E-state index >= 15 is 0 Å². The molecule has 0 aromatic carbocycles. The van der Waals surface area contributed by atoms with E-state index in [1.54, 1.807) is 0 Å². The third-order valence-corrected chi connectivity index (χ3v) is 3.06. The summed E-state index contributed by atoms with van der Waals surface area (Å²) in [6.07, 6.45) is -7.71. The number of halogens is 9. The number of ether oxygens (including phenoxy) is 1. The summed E-state index contributed by atoms with van der Waals surface area (Å²) in [5, 5.41) is 9.54. The molecule has 0 heterocycles. The average Bonchev–Trinajstić information content (AvgIpc) is 2.23. The highest BCUT2D eigenvalue weighted by Crippen LogP contribution is 2.56. The van der Waals surface area contributed by atoms with Crippen LogP contribution < -0.4 is 0 Å². The summed E-state index contributed by atoms with van der Waals surface area (Å²) in [4.78, 5) is 0. The Morgan fingerprint density at radius 1 is 0.826 bits per heavy atom. The van der Waals surface area contributed by atoms with E-state index in [1.165, 1.54) is 13.8 Å². The van der Waals surface area contributed by atoms with Gasteiger partial charge in [-0.15, -0.1) is 0 Å². The second-order valence-corrected chi connectivity index (χ2v) is 5.86. The molecule has 23 heavy (non-hydrogen) atoms. The molecular weight excluding hydrogens is 347 g/mol. The number of rotatable bonds is 7. The molecule has 0 bridgehead atoms. The lowest BCUT2D eigenvalue weighted by Crippen LogP contribution is -2.66. The van der Waals surface area contributed by atoms with Gasteiger partial charge in [0.2, 0.25) is 0 Å². The van der Waals surface area contributed by atoms with E-state index in [-0.39, 0.29) is 0 Å². The van der Waals surface area contributed by atoms with E-state index in [4.69, 9.17) is 0 Å². The van der Waals surface area contributed by atoms with Crippen molar-refractivity contribution in [3.63, 3.8) is 0 Å². The molecule has 1 N–H and O–H groups in total. The summed E-state index contributed by atoms with van der Waals surface area (Å²) in [6.45, 7) is 2.40. The summed E-state index contributed by atoms with van der Waals surface area (Å²) >= 11 is 0. The van der Waals surface area contributed by atoms with Crippen LogP contribution in [-0.2, 0) is 4.74 Å². The lowest BCUT2D eigenvalue weighted by Gasteiger charge is -2.41. The van der Waals surface area contributed by atoms with Gasteiger partial charge in [0.25, 0.3) is 0 Å². The quantitative estimate of drug-likeness (QED) is 0.684. The van der Waals surface area contributed by atoms with Crippen LogP contribution in [0.1, 0.15) is 27.7 Å². The second-order valence-electron chi connectivity index (χ2n) is 5.86. The van der Waals surface area contributed by atoms with Crippen molar-refractivity contribution in [2.45, 2.75) is 63.3 Å². The van der Waals surface area contributed by atoms with Gasteiger partial charge in [-0.25, -0.2) is 0 Å². The van der Waals surface area contributed by atoms with Crippen LogP contribution in [0, 0.1) is 5.92 Å². The number of aliphatic hydroxyl groups is 1. The molecular formula is C12H17F9O2. The minimum Gasteiger partial charge on any atom is -0.390 e. The molecule has 0 aromatic heterocycles. The number of hydrogen-bond donors (Lipinski definition) is 1. The molecule has 0 saturated carbocycles. The van der Waals surface area contributed by atoms with E-state index < -0.39 is 48.2 Å². The van der Waals surface area contributed by atoms with Crippen LogP contribution in [-0.4, -0.2) is 47.4 Å². The highest BCUT2D eigenvalue weighted by molar-refractivity contribution is 5.06. The van der Waals surface area contributed by atoms with Gasteiger partial charge in [0.15, 0.2) is 0 Å². The van der Waals surface area contributed by atoms with Gasteiger partial charge in [-0.3, -0.25) is 0 Å². The standard InChI is InChI=1S/C12H17F9O2/c1-6(2)23-5-7(8(3,4)22)9(13,14)10(15,16)11(17,18)12(19,20)21/h6-7,22H,5H2,1-4H3. The Balaban J connectivity index is 5.94. The first kappa shape index (κ1) is 22.3. The Hall–Kier alpha value is -0.710. The first-order valence-electron chi connectivity index (χ1n) is 6.34. The average molecular weight is 364 g/mol. The fraction of sp³-hybridized carbons (Fsp3) is 1.00. The molecule has 0 spiro atoms. The van der Waals surface area contributed by atoms with Gasteiger partial charge in [0.1, 0.15) is 0 Å². The molecule has 0 radical (unpaired) electrons. The van der Waals surface area contributed by atoms with Crippen molar-refractivity contribution < 1.29 is 49.4 Å². The molecule has 0 rings (SSSR count). The third-order valence-electron chi connectivity index (χ3n) is 3.06. The maximum absolute atomic E-state index is 13.9. The summed E-state index contributed by atoms with van der Waals surface area (Å²) in [6, 6.07) is 0. The van der Waals surface area contributed by atoms with Crippen LogP contribution >= 0.6 is 0 Å². The van der Waals surface area contributed by atoms with Crippen molar-refractivity contribution in [3.8, 4) is 0 Å². The normalized spacial score (nSPS) is 16.8. The fourth-order valence-corrected chi connectivity index (χ4v) is 1.65. The zero-order chi connectivity index (χ0) is 19.1. The Kier molecular flexibility index (Phi) is 6.11. The van der Waals surface area contributed by atoms with Crippen LogP contribution in [0.25, 0.3) is 0 Å². The summed E-state index contributed by atoms with van der Waals surface area (Å²) < 4.78 is 121. The molecule has 0 aliphatic rings. The Bertz CT molecular complexity index is 396. The van der Waals surface area contributed by atoms with E-state index in [9.17, 15) is 44.6 Å². The molecule has 1 atom stereocenters. The van der Waals surface area contributed by atoms with Crippen molar-refractivity contribution >= 4 is 0 Å². The summed E-state index contributed by atoms with van der Waals surface area (Å²) in [7, 11) is 0. The van der Waals surface area contributed by atoms with Crippen molar-refractivity contribution in [1.82, 2.24) is 0 Å². The van der Waals surface area contributed by atoms with Crippen molar-refractivity contribution in [3.05, 3.63) is 0 Å².